The number of fused-ring (bicyclic) bond motifs is 1. The highest BCUT2D eigenvalue weighted by Gasteiger charge is 2.39. The van der Waals surface area contributed by atoms with Crippen LogP contribution in [-0.4, -0.2) is 48.4 Å². The molecule has 4 rings (SSSR count). The van der Waals surface area contributed by atoms with Gasteiger partial charge in [-0.2, -0.15) is 9.30 Å². The topological polar surface area (TPSA) is 98.0 Å². The van der Waals surface area contributed by atoms with Crippen LogP contribution in [0.25, 0.3) is 10.2 Å². The first-order chi connectivity index (χ1) is 16.8. The number of allylic oxidation sites excluding steroid dienone is 1. The van der Waals surface area contributed by atoms with Gasteiger partial charge in [0.2, 0.25) is 10.0 Å². The molecule has 35 heavy (non-hydrogen) atoms. The van der Waals surface area contributed by atoms with Crippen LogP contribution in [0, 0.1) is 5.82 Å². The maximum atomic E-state index is 13.3. The number of thiazole rings is 1. The standard InChI is InChI=1S/C24H24FN3O5S2/c1-3-13-27-19-12-7-16(23(30)33-4-2)15-21(19)34-24(27)26-22(29)20-6-5-14-28(20)35(31,32)18-10-8-17(25)9-11-18/h3,7-12,15,20H,1,4-6,13-14H2,2H3. The van der Waals surface area contributed by atoms with Gasteiger partial charge in [0.1, 0.15) is 11.9 Å². The average Bonchev–Trinajstić information content (AvgIpc) is 3.45. The monoisotopic (exact) mass is 517 g/mol. The molecule has 11 heteroatoms. The molecule has 1 aromatic heterocycles. The fourth-order valence-corrected chi connectivity index (χ4v) is 6.73. The van der Waals surface area contributed by atoms with E-state index in [1.807, 2.05) is 0 Å². The normalized spacial score (nSPS) is 17.1. The Morgan fingerprint density at radius 1 is 1.26 bits per heavy atom. The van der Waals surface area contributed by atoms with Gasteiger partial charge in [-0.1, -0.05) is 17.4 Å². The van der Waals surface area contributed by atoms with Crippen molar-refractivity contribution < 1.29 is 27.1 Å². The highest BCUT2D eigenvalue weighted by Crippen LogP contribution is 2.27. The lowest BCUT2D eigenvalue weighted by atomic mass is 10.2. The second-order valence-corrected chi connectivity index (χ2v) is 10.8. The van der Waals surface area contributed by atoms with E-state index < -0.39 is 33.8 Å². The summed E-state index contributed by atoms with van der Waals surface area (Å²) in [5, 5.41) is 0. The largest absolute Gasteiger partial charge is 0.462 e. The van der Waals surface area contributed by atoms with Crippen LogP contribution in [-0.2, 0) is 26.1 Å². The molecule has 2 heterocycles. The van der Waals surface area contributed by atoms with Crippen molar-refractivity contribution in [3.8, 4) is 0 Å². The molecule has 0 spiro atoms. The molecule has 1 aliphatic rings. The molecule has 3 aromatic rings. The third-order valence-electron chi connectivity index (χ3n) is 5.62. The Morgan fingerprint density at radius 3 is 2.69 bits per heavy atom. The summed E-state index contributed by atoms with van der Waals surface area (Å²) >= 11 is 1.22. The van der Waals surface area contributed by atoms with Crippen molar-refractivity contribution in [2.24, 2.45) is 4.99 Å². The molecule has 1 saturated heterocycles. The van der Waals surface area contributed by atoms with Gasteiger partial charge < -0.3 is 9.30 Å². The second-order valence-electron chi connectivity index (χ2n) is 7.86. The van der Waals surface area contributed by atoms with E-state index in [0.29, 0.717) is 29.8 Å². The number of hydrogen-bond donors (Lipinski definition) is 0. The van der Waals surface area contributed by atoms with Gasteiger partial charge in [0, 0.05) is 13.1 Å². The minimum Gasteiger partial charge on any atom is -0.462 e. The number of nitrogens with zero attached hydrogens (tertiary/aromatic N) is 3. The number of hydrogen-bond acceptors (Lipinski definition) is 6. The lowest BCUT2D eigenvalue weighted by molar-refractivity contribution is -0.121. The van der Waals surface area contributed by atoms with Gasteiger partial charge in [-0.15, -0.1) is 6.58 Å². The number of carbonyl (C=O) groups excluding carboxylic acids is 2. The van der Waals surface area contributed by atoms with E-state index in [4.69, 9.17) is 4.74 Å². The van der Waals surface area contributed by atoms with Crippen LogP contribution in [0.4, 0.5) is 4.39 Å². The smallest absolute Gasteiger partial charge is 0.338 e. The first kappa shape index (κ1) is 25.0. The van der Waals surface area contributed by atoms with Crippen molar-refractivity contribution >= 4 is 43.5 Å². The van der Waals surface area contributed by atoms with Gasteiger partial charge in [0.25, 0.3) is 5.91 Å². The molecule has 0 radical (unpaired) electrons. The maximum Gasteiger partial charge on any atom is 0.338 e. The maximum absolute atomic E-state index is 13.3. The van der Waals surface area contributed by atoms with E-state index in [2.05, 4.69) is 11.6 Å². The van der Waals surface area contributed by atoms with Crippen LogP contribution in [0.5, 0.6) is 0 Å². The van der Waals surface area contributed by atoms with E-state index in [-0.39, 0.29) is 18.0 Å². The molecule has 184 valence electrons. The van der Waals surface area contributed by atoms with Gasteiger partial charge in [-0.25, -0.2) is 17.6 Å². The number of esters is 1. The zero-order valence-electron chi connectivity index (χ0n) is 19.0. The Kier molecular flexibility index (Phi) is 7.29. The zero-order valence-corrected chi connectivity index (χ0v) is 20.6. The number of sulfonamides is 1. The van der Waals surface area contributed by atoms with E-state index in [1.54, 1.807) is 35.8 Å². The molecule has 1 amide bonds. The molecule has 0 bridgehead atoms. The van der Waals surface area contributed by atoms with E-state index in [9.17, 15) is 22.4 Å². The van der Waals surface area contributed by atoms with Crippen molar-refractivity contribution in [2.45, 2.75) is 37.2 Å². The summed E-state index contributed by atoms with van der Waals surface area (Å²) in [7, 11) is -3.99. The minimum atomic E-state index is -3.99. The summed E-state index contributed by atoms with van der Waals surface area (Å²) < 4.78 is 48.3. The minimum absolute atomic E-state index is 0.0753. The Labute approximate surface area is 206 Å². The molecule has 2 aromatic carbocycles. The molecule has 1 unspecified atom stereocenters. The number of amides is 1. The van der Waals surface area contributed by atoms with Gasteiger partial charge in [-0.05, 0) is 62.2 Å². The SMILES string of the molecule is C=CCn1c(=NC(=O)C2CCCN2S(=O)(=O)c2ccc(F)cc2)sc2cc(C(=O)OCC)ccc21. The molecule has 8 nitrogen and oxygen atoms in total. The molecular weight excluding hydrogens is 493 g/mol. The molecule has 1 aliphatic heterocycles. The van der Waals surface area contributed by atoms with E-state index >= 15 is 0 Å². The summed E-state index contributed by atoms with van der Waals surface area (Å²) in [4.78, 5) is 29.9. The van der Waals surface area contributed by atoms with Gasteiger partial charge >= 0.3 is 5.97 Å². The third-order valence-corrected chi connectivity index (χ3v) is 8.58. The van der Waals surface area contributed by atoms with Crippen LogP contribution in [0.3, 0.4) is 0 Å². The second kappa shape index (κ2) is 10.2. The Hall–Kier alpha value is -3.15. The van der Waals surface area contributed by atoms with Crippen molar-refractivity contribution in [1.29, 1.82) is 0 Å². The highest BCUT2D eigenvalue weighted by atomic mass is 32.2. The van der Waals surface area contributed by atoms with Gasteiger partial charge in [0.15, 0.2) is 4.80 Å². The zero-order chi connectivity index (χ0) is 25.2. The predicted molar refractivity (Wildman–Crippen MR) is 130 cm³/mol. The van der Waals surface area contributed by atoms with Gasteiger partial charge in [0.05, 0.1) is 27.3 Å². The van der Waals surface area contributed by atoms with Crippen LogP contribution in [0.15, 0.2) is 65.0 Å². The number of aromatic nitrogens is 1. The van der Waals surface area contributed by atoms with Crippen LogP contribution in [0.1, 0.15) is 30.1 Å². The molecule has 0 saturated carbocycles. The lowest BCUT2D eigenvalue weighted by Crippen LogP contribution is -2.40. The Balaban J connectivity index is 1.71. The van der Waals surface area contributed by atoms with Crippen LogP contribution >= 0.6 is 11.3 Å². The number of halogens is 1. The van der Waals surface area contributed by atoms with Crippen LogP contribution in [0.2, 0.25) is 0 Å². The molecule has 0 N–H and O–H groups in total. The highest BCUT2D eigenvalue weighted by molar-refractivity contribution is 7.89. The number of benzene rings is 2. The Bertz CT molecular complexity index is 1460. The first-order valence-corrected chi connectivity index (χ1v) is 13.3. The third kappa shape index (κ3) is 4.97. The number of carbonyl (C=O) groups is 2. The average molecular weight is 518 g/mol. The summed E-state index contributed by atoms with van der Waals surface area (Å²) in [6, 6.07) is 8.65. The summed E-state index contributed by atoms with van der Waals surface area (Å²) in [6.07, 6.45) is 2.51. The summed E-state index contributed by atoms with van der Waals surface area (Å²) in [5.41, 5.74) is 1.15. The fraction of sp³-hybridized carbons (Fsp3) is 0.292. The molecular formula is C24H24FN3O5S2. The summed E-state index contributed by atoms with van der Waals surface area (Å²) in [6.45, 7) is 6.29. The number of ether oxygens (including phenoxy) is 1. The first-order valence-electron chi connectivity index (χ1n) is 11.0. The molecule has 1 fully saturated rings. The quantitative estimate of drug-likeness (QED) is 0.353. The van der Waals surface area contributed by atoms with E-state index in [0.717, 1.165) is 26.7 Å². The summed E-state index contributed by atoms with van der Waals surface area (Å²) in [5.74, 6) is -1.57. The van der Waals surface area contributed by atoms with Crippen molar-refractivity contribution in [1.82, 2.24) is 8.87 Å². The van der Waals surface area contributed by atoms with Crippen molar-refractivity contribution in [3.05, 3.63) is 71.3 Å². The molecule has 0 aliphatic carbocycles. The Morgan fingerprint density at radius 2 is 2.00 bits per heavy atom. The van der Waals surface area contributed by atoms with Gasteiger partial charge in [-0.3, -0.25) is 4.79 Å². The number of rotatable bonds is 7. The van der Waals surface area contributed by atoms with Crippen molar-refractivity contribution in [3.63, 3.8) is 0 Å². The van der Waals surface area contributed by atoms with Crippen molar-refractivity contribution in [2.75, 3.05) is 13.2 Å². The van der Waals surface area contributed by atoms with E-state index in [1.165, 1.54) is 23.5 Å². The predicted octanol–water partition coefficient (Wildman–Crippen LogP) is 3.49. The lowest BCUT2D eigenvalue weighted by Gasteiger charge is -2.21. The van der Waals surface area contributed by atoms with Crippen LogP contribution < -0.4 is 4.80 Å². The molecule has 1 atom stereocenters. The fourth-order valence-electron chi connectivity index (χ4n) is 3.99.